The third-order valence-corrected chi connectivity index (χ3v) is 6.07. The van der Waals surface area contributed by atoms with Crippen molar-refractivity contribution in [3.63, 3.8) is 0 Å². The van der Waals surface area contributed by atoms with Gasteiger partial charge in [0, 0.05) is 17.0 Å². The smallest absolute Gasteiger partial charge is 0.196 e. The van der Waals surface area contributed by atoms with E-state index in [2.05, 4.69) is 65.9 Å². The number of nitrogens with zero attached hydrogens (tertiary/aromatic N) is 3. The second-order valence-electron chi connectivity index (χ2n) is 7.57. The molecular weight excluding hydrogens is 402 g/mol. The van der Waals surface area contributed by atoms with Gasteiger partial charge < -0.3 is 4.74 Å². The summed E-state index contributed by atoms with van der Waals surface area (Å²) in [4.78, 5) is 0. The van der Waals surface area contributed by atoms with Crippen molar-refractivity contribution in [2.75, 3.05) is 6.61 Å². The summed E-state index contributed by atoms with van der Waals surface area (Å²) in [6.45, 7) is 7.12. The van der Waals surface area contributed by atoms with E-state index in [9.17, 15) is 0 Å². The van der Waals surface area contributed by atoms with Crippen LogP contribution in [0.25, 0.3) is 17.1 Å². The molecule has 0 saturated carbocycles. The van der Waals surface area contributed by atoms with E-state index < -0.39 is 0 Å². The Kier molecular flexibility index (Phi) is 6.73. The third kappa shape index (κ3) is 5.00. The highest BCUT2D eigenvalue weighted by atomic mass is 32.2. The van der Waals surface area contributed by atoms with Gasteiger partial charge in [0.25, 0.3) is 0 Å². The van der Waals surface area contributed by atoms with E-state index in [0.29, 0.717) is 0 Å². The van der Waals surface area contributed by atoms with Crippen LogP contribution in [0.3, 0.4) is 0 Å². The van der Waals surface area contributed by atoms with E-state index in [0.717, 1.165) is 46.8 Å². The fourth-order valence-corrected chi connectivity index (χ4v) is 4.46. The first-order valence-electron chi connectivity index (χ1n) is 10.6. The Morgan fingerprint density at radius 3 is 2.39 bits per heavy atom. The number of benzene rings is 3. The second kappa shape index (κ2) is 9.84. The van der Waals surface area contributed by atoms with Crippen LogP contribution in [0.2, 0.25) is 0 Å². The fraction of sp³-hybridized carbons (Fsp3) is 0.231. The van der Waals surface area contributed by atoms with Crippen LogP contribution in [0.1, 0.15) is 30.0 Å². The molecule has 1 aromatic heterocycles. The summed E-state index contributed by atoms with van der Waals surface area (Å²) in [7, 11) is 0. The fourth-order valence-electron chi connectivity index (χ4n) is 3.43. The molecule has 0 aliphatic rings. The highest BCUT2D eigenvalue weighted by Gasteiger charge is 2.16. The van der Waals surface area contributed by atoms with Crippen LogP contribution in [0, 0.1) is 13.8 Å². The van der Waals surface area contributed by atoms with Crippen LogP contribution in [-0.4, -0.2) is 21.4 Å². The van der Waals surface area contributed by atoms with Crippen LogP contribution >= 0.6 is 11.8 Å². The van der Waals surface area contributed by atoms with Crippen molar-refractivity contribution < 1.29 is 4.74 Å². The molecule has 0 aliphatic carbocycles. The summed E-state index contributed by atoms with van der Waals surface area (Å²) in [6, 6.07) is 25.0. The highest BCUT2D eigenvalue weighted by Crippen LogP contribution is 2.31. The normalized spacial score (nSPS) is 10.9. The van der Waals surface area contributed by atoms with Gasteiger partial charge in [0.05, 0.1) is 6.61 Å². The first-order chi connectivity index (χ1) is 15.2. The van der Waals surface area contributed by atoms with Crippen molar-refractivity contribution in [3.05, 3.63) is 89.5 Å². The highest BCUT2D eigenvalue weighted by molar-refractivity contribution is 7.98. The predicted molar refractivity (Wildman–Crippen MR) is 128 cm³/mol. The van der Waals surface area contributed by atoms with Gasteiger partial charge in [-0.1, -0.05) is 60.6 Å². The van der Waals surface area contributed by atoms with Crippen LogP contribution < -0.4 is 4.74 Å². The molecule has 0 amide bonds. The number of aryl methyl sites for hydroxylation is 2. The van der Waals surface area contributed by atoms with Gasteiger partial charge in [-0.05, 0) is 67.8 Å². The maximum atomic E-state index is 5.73. The lowest BCUT2D eigenvalue weighted by Gasteiger charge is -2.12. The van der Waals surface area contributed by atoms with Crippen molar-refractivity contribution >= 4 is 11.8 Å². The number of aromatic nitrogens is 3. The maximum Gasteiger partial charge on any atom is 0.196 e. The topological polar surface area (TPSA) is 39.9 Å². The zero-order valence-electron chi connectivity index (χ0n) is 18.2. The molecule has 0 radical (unpaired) electrons. The van der Waals surface area contributed by atoms with Crippen LogP contribution in [0.4, 0.5) is 0 Å². The molecule has 3 aromatic carbocycles. The van der Waals surface area contributed by atoms with Gasteiger partial charge in [-0.2, -0.15) is 0 Å². The molecule has 0 N–H and O–H groups in total. The zero-order valence-corrected chi connectivity index (χ0v) is 19.0. The number of rotatable bonds is 8. The molecule has 31 heavy (non-hydrogen) atoms. The predicted octanol–water partition coefficient (Wildman–Crippen LogP) is 6.63. The SMILES string of the molecule is CCCOc1ccc(-c2nnc(SCc3ccc(C)cc3C)n2-c2ccccc2)cc1. The molecule has 0 atom stereocenters. The minimum atomic E-state index is 0.721. The van der Waals surface area contributed by atoms with Gasteiger partial charge in [-0.25, -0.2) is 0 Å². The van der Waals surface area contributed by atoms with Gasteiger partial charge in [-0.15, -0.1) is 10.2 Å². The first-order valence-corrected chi connectivity index (χ1v) is 11.6. The van der Waals surface area contributed by atoms with Gasteiger partial charge in [0.2, 0.25) is 0 Å². The van der Waals surface area contributed by atoms with Crippen molar-refractivity contribution in [3.8, 4) is 22.8 Å². The Morgan fingerprint density at radius 1 is 0.903 bits per heavy atom. The van der Waals surface area contributed by atoms with Crippen molar-refractivity contribution in [1.29, 1.82) is 0 Å². The summed E-state index contributed by atoms with van der Waals surface area (Å²) in [5.74, 6) is 2.55. The van der Waals surface area contributed by atoms with Crippen LogP contribution in [0.15, 0.2) is 78.0 Å². The summed E-state index contributed by atoms with van der Waals surface area (Å²) >= 11 is 1.71. The number of hydrogen-bond acceptors (Lipinski definition) is 4. The molecule has 4 rings (SSSR count). The van der Waals surface area contributed by atoms with Crippen molar-refractivity contribution in [2.24, 2.45) is 0 Å². The first kappa shape index (κ1) is 21.2. The molecule has 0 fully saturated rings. The Balaban J connectivity index is 1.66. The van der Waals surface area contributed by atoms with E-state index in [-0.39, 0.29) is 0 Å². The maximum absolute atomic E-state index is 5.73. The molecule has 1 heterocycles. The average Bonchev–Trinajstić information content (AvgIpc) is 3.22. The third-order valence-electron chi connectivity index (χ3n) is 5.09. The number of hydrogen-bond donors (Lipinski definition) is 0. The largest absolute Gasteiger partial charge is 0.494 e. The van der Waals surface area contributed by atoms with Crippen LogP contribution in [0.5, 0.6) is 5.75 Å². The van der Waals surface area contributed by atoms with E-state index in [4.69, 9.17) is 4.74 Å². The molecule has 158 valence electrons. The minimum Gasteiger partial charge on any atom is -0.494 e. The number of para-hydroxylation sites is 1. The molecule has 0 saturated heterocycles. The molecular formula is C26H27N3OS. The van der Waals surface area contributed by atoms with Crippen LogP contribution in [-0.2, 0) is 5.75 Å². The Labute approximate surface area is 188 Å². The molecule has 0 aliphatic heterocycles. The summed E-state index contributed by atoms with van der Waals surface area (Å²) in [6.07, 6.45) is 0.991. The molecule has 0 unspecified atom stereocenters. The van der Waals surface area contributed by atoms with E-state index >= 15 is 0 Å². The molecule has 0 bridgehead atoms. The minimum absolute atomic E-state index is 0.721. The molecule has 5 heteroatoms. The van der Waals surface area contributed by atoms with E-state index in [1.54, 1.807) is 11.8 Å². The molecule has 4 aromatic rings. The Morgan fingerprint density at radius 2 is 1.68 bits per heavy atom. The number of ether oxygens (including phenoxy) is 1. The monoisotopic (exact) mass is 429 g/mol. The molecule has 0 spiro atoms. The quantitative estimate of drug-likeness (QED) is 0.295. The summed E-state index contributed by atoms with van der Waals surface area (Å²) < 4.78 is 7.86. The Hall–Kier alpha value is -3.05. The molecule has 4 nitrogen and oxygen atoms in total. The van der Waals surface area contributed by atoms with Crippen molar-refractivity contribution in [1.82, 2.24) is 14.8 Å². The van der Waals surface area contributed by atoms with E-state index in [1.807, 2.05) is 42.5 Å². The Bertz CT molecular complexity index is 1140. The van der Waals surface area contributed by atoms with Gasteiger partial charge in [0.15, 0.2) is 11.0 Å². The lowest BCUT2D eigenvalue weighted by Crippen LogP contribution is -2.00. The van der Waals surface area contributed by atoms with Gasteiger partial charge in [0.1, 0.15) is 5.75 Å². The zero-order chi connectivity index (χ0) is 21.6. The van der Waals surface area contributed by atoms with Crippen molar-refractivity contribution in [2.45, 2.75) is 38.1 Å². The van der Waals surface area contributed by atoms with Gasteiger partial charge >= 0.3 is 0 Å². The average molecular weight is 430 g/mol. The lowest BCUT2D eigenvalue weighted by molar-refractivity contribution is 0.317. The summed E-state index contributed by atoms with van der Waals surface area (Å²) in [5, 5.41) is 9.98. The lowest BCUT2D eigenvalue weighted by atomic mass is 10.1. The number of thioether (sulfide) groups is 1. The summed E-state index contributed by atoms with van der Waals surface area (Å²) in [5.41, 5.74) is 5.97. The van der Waals surface area contributed by atoms with E-state index in [1.165, 1.54) is 16.7 Å². The van der Waals surface area contributed by atoms with Gasteiger partial charge in [-0.3, -0.25) is 4.57 Å². The standard InChI is InChI=1S/C26H27N3OS/c1-4-16-30-24-14-12-21(13-15-24)25-27-28-26(29(25)23-8-6-5-7-9-23)31-18-22-11-10-19(2)17-20(22)3/h5-15,17H,4,16,18H2,1-3H3. The second-order valence-corrected chi connectivity index (χ2v) is 8.51.